The van der Waals surface area contributed by atoms with Crippen molar-refractivity contribution in [3.63, 3.8) is 0 Å². The third-order valence-electron chi connectivity index (χ3n) is 4.86. The minimum absolute atomic E-state index is 0.00367. The molecule has 7 heteroatoms. The van der Waals surface area contributed by atoms with Gasteiger partial charge in [-0.15, -0.1) is 0 Å². The van der Waals surface area contributed by atoms with E-state index in [4.69, 9.17) is 18.6 Å². The smallest absolute Gasteiger partial charge is 0.248 e. The molecule has 0 N–H and O–H groups in total. The Kier molecular flexibility index (Phi) is 7.45. The van der Waals surface area contributed by atoms with Crippen molar-refractivity contribution in [1.82, 2.24) is 9.88 Å². The average Bonchev–Trinajstić information content (AvgIpc) is 3.20. The SMILES string of the molecule is COCCOCC(=O)N1CCCC(c2ncc(Cc3cccc(OC)c3)o2)C1. The molecule has 3 rings (SSSR count). The van der Waals surface area contributed by atoms with Crippen molar-refractivity contribution in [3.05, 3.63) is 47.7 Å². The number of rotatable bonds is 9. The van der Waals surface area contributed by atoms with Crippen LogP contribution >= 0.6 is 0 Å². The van der Waals surface area contributed by atoms with Gasteiger partial charge in [-0.25, -0.2) is 4.98 Å². The molecule has 1 saturated heterocycles. The molecule has 7 nitrogen and oxygen atoms in total. The van der Waals surface area contributed by atoms with Gasteiger partial charge < -0.3 is 23.5 Å². The predicted molar refractivity (Wildman–Crippen MR) is 104 cm³/mol. The van der Waals surface area contributed by atoms with Gasteiger partial charge in [0, 0.05) is 26.6 Å². The number of carbonyl (C=O) groups excluding carboxylic acids is 1. The summed E-state index contributed by atoms with van der Waals surface area (Å²) < 4.78 is 21.5. The summed E-state index contributed by atoms with van der Waals surface area (Å²) in [6.07, 6.45) is 4.34. The van der Waals surface area contributed by atoms with Crippen LogP contribution in [0.2, 0.25) is 0 Å². The number of hydrogen-bond acceptors (Lipinski definition) is 6. The number of methoxy groups -OCH3 is 2. The van der Waals surface area contributed by atoms with E-state index >= 15 is 0 Å². The van der Waals surface area contributed by atoms with Crippen LogP contribution in [0.3, 0.4) is 0 Å². The van der Waals surface area contributed by atoms with Crippen LogP contribution in [0, 0.1) is 0 Å². The van der Waals surface area contributed by atoms with Gasteiger partial charge in [-0.1, -0.05) is 12.1 Å². The highest BCUT2D eigenvalue weighted by atomic mass is 16.5. The number of benzene rings is 1. The summed E-state index contributed by atoms with van der Waals surface area (Å²) in [5.74, 6) is 2.47. The maximum absolute atomic E-state index is 12.3. The summed E-state index contributed by atoms with van der Waals surface area (Å²) in [6.45, 7) is 2.36. The molecular formula is C21H28N2O5. The Morgan fingerprint density at radius 1 is 1.32 bits per heavy atom. The van der Waals surface area contributed by atoms with E-state index in [2.05, 4.69) is 4.98 Å². The summed E-state index contributed by atoms with van der Waals surface area (Å²) in [7, 11) is 3.27. The lowest BCUT2D eigenvalue weighted by atomic mass is 9.98. The van der Waals surface area contributed by atoms with E-state index in [1.165, 1.54) is 0 Å². The summed E-state index contributed by atoms with van der Waals surface area (Å²) in [5.41, 5.74) is 1.11. The van der Waals surface area contributed by atoms with Gasteiger partial charge in [0.05, 0.1) is 32.4 Å². The van der Waals surface area contributed by atoms with Crippen LogP contribution in [-0.4, -0.2) is 62.9 Å². The first-order valence-corrected chi connectivity index (χ1v) is 9.61. The molecule has 2 aromatic rings. The quantitative estimate of drug-likeness (QED) is 0.615. The normalized spacial score (nSPS) is 16.9. The lowest BCUT2D eigenvalue weighted by Gasteiger charge is -2.31. The molecule has 1 unspecified atom stereocenters. The van der Waals surface area contributed by atoms with Gasteiger partial charge in [0.25, 0.3) is 0 Å². The van der Waals surface area contributed by atoms with Gasteiger partial charge in [-0.05, 0) is 30.5 Å². The maximum Gasteiger partial charge on any atom is 0.248 e. The lowest BCUT2D eigenvalue weighted by Crippen LogP contribution is -2.41. The molecule has 0 aliphatic carbocycles. The van der Waals surface area contributed by atoms with Crippen LogP contribution in [0.25, 0.3) is 0 Å². The highest BCUT2D eigenvalue weighted by molar-refractivity contribution is 5.77. The monoisotopic (exact) mass is 388 g/mol. The van der Waals surface area contributed by atoms with Crippen LogP contribution in [0.1, 0.15) is 36.0 Å². The van der Waals surface area contributed by atoms with Crippen LogP contribution in [0.5, 0.6) is 5.75 Å². The first kappa shape index (κ1) is 20.4. The number of oxazole rings is 1. The Labute approximate surface area is 165 Å². The number of ether oxygens (including phenoxy) is 3. The second-order valence-electron chi connectivity index (χ2n) is 6.92. The lowest BCUT2D eigenvalue weighted by molar-refractivity contribution is -0.137. The van der Waals surface area contributed by atoms with Crippen LogP contribution < -0.4 is 4.74 Å². The zero-order valence-electron chi connectivity index (χ0n) is 16.6. The molecule has 28 heavy (non-hydrogen) atoms. The molecule has 152 valence electrons. The topological polar surface area (TPSA) is 74.0 Å². The zero-order valence-corrected chi connectivity index (χ0v) is 16.6. The fourth-order valence-electron chi connectivity index (χ4n) is 3.37. The summed E-state index contributed by atoms with van der Waals surface area (Å²) in [5, 5.41) is 0. The first-order chi connectivity index (χ1) is 13.7. The van der Waals surface area contributed by atoms with Gasteiger partial charge in [-0.3, -0.25) is 4.79 Å². The number of piperidine rings is 1. The molecule has 1 aliphatic heterocycles. The van der Waals surface area contributed by atoms with Crippen molar-refractivity contribution in [2.45, 2.75) is 25.2 Å². The molecule has 2 heterocycles. The van der Waals surface area contributed by atoms with E-state index in [1.807, 2.05) is 29.2 Å². The number of amides is 1. The van der Waals surface area contributed by atoms with Crippen molar-refractivity contribution in [3.8, 4) is 5.75 Å². The van der Waals surface area contributed by atoms with Crippen LogP contribution in [0.4, 0.5) is 0 Å². The second-order valence-corrected chi connectivity index (χ2v) is 6.92. The highest BCUT2D eigenvalue weighted by Crippen LogP contribution is 2.27. The number of aromatic nitrogens is 1. The van der Waals surface area contributed by atoms with Crippen LogP contribution in [-0.2, 0) is 20.7 Å². The Bertz CT molecular complexity index is 761. The number of hydrogen-bond donors (Lipinski definition) is 0. The van der Waals surface area contributed by atoms with Crippen molar-refractivity contribution in [1.29, 1.82) is 0 Å². The summed E-state index contributed by atoms with van der Waals surface area (Å²) >= 11 is 0. The van der Waals surface area contributed by atoms with E-state index in [0.29, 0.717) is 32.1 Å². The van der Waals surface area contributed by atoms with Gasteiger partial charge in [0.1, 0.15) is 18.1 Å². The van der Waals surface area contributed by atoms with Gasteiger partial charge in [-0.2, -0.15) is 0 Å². The molecule has 0 saturated carbocycles. The van der Waals surface area contributed by atoms with Crippen molar-refractivity contribution in [2.75, 3.05) is 47.1 Å². The van der Waals surface area contributed by atoms with Gasteiger partial charge >= 0.3 is 0 Å². The maximum atomic E-state index is 12.3. The zero-order chi connectivity index (χ0) is 19.8. The molecule has 0 spiro atoms. The van der Waals surface area contributed by atoms with E-state index < -0.39 is 0 Å². The minimum Gasteiger partial charge on any atom is -0.497 e. The fourth-order valence-corrected chi connectivity index (χ4v) is 3.37. The van der Waals surface area contributed by atoms with Crippen molar-refractivity contribution >= 4 is 5.91 Å². The summed E-state index contributed by atoms with van der Waals surface area (Å²) in [4.78, 5) is 18.7. The van der Waals surface area contributed by atoms with Crippen molar-refractivity contribution < 1.29 is 23.4 Å². The molecule has 1 fully saturated rings. The Hall–Kier alpha value is -2.38. The second kappa shape index (κ2) is 10.2. The largest absolute Gasteiger partial charge is 0.497 e. The Morgan fingerprint density at radius 2 is 2.21 bits per heavy atom. The van der Waals surface area contributed by atoms with Gasteiger partial charge in [0.15, 0.2) is 5.89 Å². The molecule has 1 aromatic carbocycles. The van der Waals surface area contributed by atoms with E-state index in [9.17, 15) is 4.79 Å². The highest BCUT2D eigenvalue weighted by Gasteiger charge is 2.27. The Balaban J connectivity index is 1.55. The molecule has 1 atom stereocenters. The molecule has 1 amide bonds. The van der Waals surface area contributed by atoms with E-state index in [0.717, 1.165) is 36.5 Å². The molecule has 0 radical (unpaired) electrons. The first-order valence-electron chi connectivity index (χ1n) is 9.61. The third-order valence-corrected chi connectivity index (χ3v) is 4.86. The predicted octanol–water partition coefficient (Wildman–Crippen LogP) is 2.64. The number of nitrogens with zero attached hydrogens (tertiary/aromatic N) is 2. The van der Waals surface area contributed by atoms with Crippen LogP contribution in [0.15, 0.2) is 34.9 Å². The van der Waals surface area contributed by atoms with Gasteiger partial charge in [0.2, 0.25) is 5.91 Å². The van der Waals surface area contributed by atoms with E-state index in [1.54, 1.807) is 20.4 Å². The minimum atomic E-state index is 0.00367. The number of carbonyl (C=O) groups is 1. The summed E-state index contributed by atoms with van der Waals surface area (Å²) in [6, 6.07) is 7.91. The average molecular weight is 388 g/mol. The fraction of sp³-hybridized carbons (Fsp3) is 0.524. The molecule has 1 aromatic heterocycles. The third kappa shape index (κ3) is 5.56. The van der Waals surface area contributed by atoms with Crippen molar-refractivity contribution in [2.24, 2.45) is 0 Å². The standard InChI is InChI=1S/C21H28N2O5/c1-25-9-10-27-15-20(24)23-8-4-6-17(14-23)21-22-13-19(28-21)12-16-5-3-7-18(11-16)26-2/h3,5,7,11,13,17H,4,6,8-10,12,14-15H2,1-2H3. The molecule has 1 aliphatic rings. The molecule has 0 bridgehead atoms. The number of likely N-dealkylation sites (tertiary alicyclic amines) is 1. The molecular weight excluding hydrogens is 360 g/mol. The van der Waals surface area contributed by atoms with E-state index in [-0.39, 0.29) is 18.4 Å². The Morgan fingerprint density at radius 3 is 3.04 bits per heavy atom.